The van der Waals surface area contributed by atoms with E-state index in [0.717, 1.165) is 20.3 Å². The Morgan fingerprint density at radius 1 is 1.35 bits per heavy atom. The number of para-hydroxylation sites is 2. The molecule has 2 aromatic heterocycles. The van der Waals surface area contributed by atoms with Crippen LogP contribution in [0.4, 0.5) is 5.00 Å². The Balaban J connectivity index is 1.66. The van der Waals surface area contributed by atoms with E-state index in [4.69, 9.17) is 4.42 Å². The highest BCUT2D eigenvalue weighted by Gasteiger charge is 2.07. The molecule has 1 amide bonds. The highest BCUT2D eigenvalue weighted by atomic mass is 32.2. The van der Waals surface area contributed by atoms with Crippen LogP contribution in [0.3, 0.4) is 0 Å². The number of hydrogen-bond donors (Lipinski definition) is 1. The summed E-state index contributed by atoms with van der Waals surface area (Å²) in [6.45, 7) is 1.50. The molecule has 6 heteroatoms. The summed E-state index contributed by atoms with van der Waals surface area (Å²) in [7, 11) is 0. The van der Waals surface area contributed by atoms with Crippen molar-refractivity contribution in [2.45, 2.75) is 16.9 Å². The molecule has 0 atom stereocenters. The molecule has 0 saturated carbocycles. The van der Waals surface area contributed by atoms with E-state index in [9.17, 15) is 4.79 Å². The minimum Gasteiger partial charge on any atom is -0.440 e. The van der Waals surface area contributed by atoms with E-state index < -0.39 is 0 Å². The minimum atomic E-state index is -0.0534. The van der Waals surface area contributed by atoms with Crippen molar-refractivity contribution in [3.05, 3.63) is 42.3 Å². The molecule has 0 unspecified atom stereocenters. The zero-order chi connectivity index (χ0) is 13.9. The number of carbonyl (C=O) groups excluding carboxylic acids is 1. The van der Waals surface area contributed by atoms with Crippen LogP contribution in [0, 0.1) is 0 Å². The number of rotatable bonds is 4. The Bertz CT molecular complexity index is 715. The molecule has 0 spiro atoms. The van der Waals surface area contributed by atoms with Gasteiger partial charge in [-0.25, -0.2) is 4.98 Å². The maximum atomic E-state index is 11.0. The number of aromatic nitrogens is 1. The van der Waals surface area contributed by atoms with Gasteiger partial charge in [0.25, 0.3) is 0 Å². The molecule has 2 heterocycles. The van der Waals surface area contributed by atoms with E-state index in [1.165, 1.54) is 6.92 Å². The fourth-order valence-electron chi connectivity index (χ4n) is 1.75. The van der Waals surface area contributed by atoms with Crippen molar-refractivity contribution in [1.82, 2.24) is 4.98 Å². The predicted molar refractivity (Wildman–Crippen MR) is 82.2 cm³/mol. The van der Waals surface area contributed by atoms with Crippen LogP contribution in [0.5, 0.6) is 0 Å². The number of fused-ring (bicyclic) bond motifs is 1. The number of thiophene rings is 1. The number of thioether (sulfide) groups is 1. The van der Waals surface area contributed by atoms with E-state index in [-0.39, 0.29) is 5.91 Å². The van der Waals surface area contributed by atoms with Crippen molar-refractivity contribution in [2.75, 3.05) is 5.32 Å². The molecule has 0 bridgehead atoms. The first-order chi connectivity index (χ1) is 9.70. The summed E-state index contributed by atoms with van der Waals surface area (Å²) >= 11 is 3.20. The Morgan fingerprint density at radius 3 is 3.00 bits per heavy atom. The van der Waals surface area contributed by atoms with Crippen LogP contribution in [-0.2, 0) is 10.5 Å². The zero-order valence-corrected chi connectivity index (χ0v) is 12.4. The standard InChI is InChI=1S/C14H12N2O2S2/c1-9(17)15-13-6-7-14(20-13)19-8-12-16-10-4-2-3-5-11(10)18-12/h2-7H,8H2,1H3,(H,15,17). The molecule has 3 rings (SSSR count). The number of amides is 1. The normalized spacial score (nSPS) is 10.8. The van der Waals surface area contributed by atoms with Crippen molar-refractivity contribution in [2.24, 2.45) is 0 Å². The first-order valence-electron chi connectivity index (χ1n) is 6.05. The lowest BCUT2D eigenvalue weighted by Gasteiger charge is -1.95. The van der Waals surface area contributed by atoms with Gasteiger partial charge in [-0.05, 0) is 24.3 Å². The second-order valence-electron chi connectivity index (χ2n) is 4.16. The fourth-order valence-corrected chi connectivity index (χ4v) is 3.67. The van der Waals surface area contributed by atoms with Gasteiger partial charge in [0.2, 0.25) is 11.8 Å². The SMILES string of the molecule is CC(=O)Nc1ccc(SCc2nc3ccccc3o2)s1. The molecule has 0 aliphatic heterocycles. The van der Waals surface area contributed by atoms with Gasteiger partial charge in [0.05, 0.1) is 15.0 Å². The third-order valence-electron chi connectivity index (χ3n) is 2.56. The molecule has 1 aromatic carbocycles. The molecule has 3 aromatic rings. The van der Waals surface area contributed by atoms with E-state index >= 15 is 0 Å². The topological polar surface area (TPSA) is 55.1 Å². The molecular formula is C14H12N2O2S2. The van der Waals surface area contributed by atoms with Crippen molar-refractivity contribution < 1.29 is 9.21 Å². The number of nitrogens with one attached hydrogen (secondary N) is 1. The third-order valence-corrected chi connectivity index (χ3v) is 4.77. The number of carbonyl (C=O) groups is 1. The lowest BCUT2D eigenvalue weighted by molar-refractivity contribution is -0.114. The number of anilines is 1. The van der Waals surface area contributed by atoms with Gasteiger partial charge in [-0.3, -0.25) is 4.79 Å². The van der Waals surface area contributed by atoms with Crippen molar-refractivity contribution in [3.8, 4) is 0 Å². The van der Waals surface area contributed by atoms with Crippen LogP contribution < -0.4 is 5.32 Å². The maximum Gasteiger partial charge on any atom is 0.221 e. The predicted octanol–water partition coefficient (Wildman–Crippen LogP) is 4.14. The van der Waals surface area contributed by atoms with Crippen LogP contribution in [0.1, 0.15) is 12.8 Å². The average Bonchev–Trinajstić information content (AvgIpc) is 3.01. The molecule has 0 saturated heterocycles. The Morgan fingerprint density at radius 2 is 2.20 bits per heavy atom. The molecule has 0 aliphatic rings. The van der Waals surface area contributed by atoms with E-state index in [1.54, 1.807) is 23.1 Å². The molecule has 4 nitrogen and oxygen atoms in total. The molecule has 0 fully saturated rings. The molecule has 0 aliphatic carbocycles. The van der Waals surface area contributed by atoms with E-state index in [0.29, 0.717) is 11.6 Å². The zero-order valence-electron chi connectivity index (χ0n) is 10.8. The van der Waals surface area contributed by atoms with Gasteiger partial charge in [0, 0.05) is 6.92 Å². The largest absolute Gasteiger partial charge is 0.440 e. The summed E-state index contributed by atoms with van der Waals surface area (Å²) in [6, 6.07) is 11.6. The van der Waals surface area contributed by atoms with Crippen molar-refractivity contribution in [3.63, 3.8) is 0 Å². The maximum absolute atomic E-state index is 11.0. The molecular weight excluding hydrogens is 292 g/mol. The summed E-state index contributed by atoms with van der Waals surface area (Å²) in [5, 5.41) is 3.63. The summed E-state index contributed by atoms with van der Waals surface area (Å²) in [6.07, 6.45) is 0. The first kappa shape index (κ1) is 13.2. The first-order valence-corrected chi connectivity index (χ1v) is 7.85. The molecule has 102 valence electrons. The van der Waals surface area contributed by atoms with Crippen LogP contribution in [0.15, 0.2) is 45.0 Å². The van der Waals surface area contributed by atoms with Gasteiger partial charge < -0.3 is 9.73 Å². The minimum absolute atomic E-state index is 0.0534. The quantitative estimate of drug-likeness (QED) is 0.736. The number of hydrogen-bond acceptors (Lipinski definition) is 5. The van der Waals surface area contributed by atoms with Gasteiger partial charge in [-0.1, -0.05) is 12.1 Å². The second kappa shape index (κ2) is 5.68. The highest BCUT2D eigenvalue weighted by molar-refractivity contribution is 8.00. The Kier molecular flexibility index (Phi) is 3.75. The monoisotopic (exact) mass is 304 g/mol. The van der Waals surface area contributed by atoms with Crippen LogP contribution >= 0.6 is 23.1 Å². The molecule has 1 N–H and O–H groups in total. The summed E-state index contributed by atoms with van der Waals surface area (Å²) in [5.41, 5.74) is 1.70. The summed E-state index contributed by atoms with van der Waals surface area (Å²) in [5.74, 6) is 1.34. The fraction of sp³-hybridized carbons (Fsp3) is 0.143. The Labute approximate surface area is 124 Å². The van der Waals surface area contributed by atoms with Crippen LogP contribution in [0.25, 0.3) is 11.1 Å². The second-order valence-corrected chi connectivity index (χ2v) is 6.52. The lowest BCUT2D eigenvalue weighted by Crippen LogP contribution is -2.03. The van der Waals surface area contributed by atoms with Gasteiger partial charge in [0.1, 0.15) is 5.52 Å². The van der Waals surface area contributed by atoms with Crippen molar-refractivity contribution >= 4 is 45.1 Å². The number of nitrogens with zero attached hydrogens (tertiary/aromatic N) is 1. The number of oxazole rings is 1. The van der Waals surface area contributed by atoms with E-state index in [2.05, 4.69) is 10.3 Å². The Hall–Kier alpha value is -1.79. The summed E-state index contributed by atoms with van der Waals surface area (Å²) < 4.78 is 6.79. The third kappa shape index (κ3) is 3.02. The molecule has 20 heavy (non-hydrogen) atoms. The van der Waals surface area contributed by atoms with Gasteiger partial charge in [0.15, 0.2) is 5.58 Å². The smallest absolute Gasteiger partial charge is 0.221 e. The summed E-state index contributed by atoms with van der Waals surface area (Å²) in [4.78, 5) is 15.4. The van der Waals surface area contributed by atoms with Gasteiger partial charge in [-0.15, -0.1) is 23.1 Å². The number of benzene rings is 1. The average molecular weight is 304 g/mol. The van der Waals surface area contributed by atoms with Gasteiger partial charge in [-0.2, -0.15) is 0 Å². The van der Waals surface area contributed by atoms with Crippen molar-refractivity contribution in [1.29, 1.82) is 0 Å². The van der Waals surface area contributed by atoms with Crippen LogP contribution in [0.2, 0.25) is 0 Å². The van der Waals surface area contributed by atoms with Crippen LogP contribution in [-0.4, -0.2) is 10.9 Å². The molecule has 0 radical (unpaired) electrons. The van der Waals surface area contributed by atoms with E-state index in [1.807, 2.05) is 36.4 Å². The van der Waals surface area contributed by atoms with Gasteiger partial charge >= 0.3 is 0 Å². The highest BCUT2D eigenvalue weighted by Crippen LogP contribution is 2.33. The lowest BCUT2D eigenvalue weighted by atomic mass is 10.3.